The molecular weight excluding hydrogens is 320 g/mol. The van der Waals surface area contributed by atoms with E-state index in [2.05, 4.69) is 20.3 Å². The van der Waals surface area contributed by atoms with Crippen molar-refractivity contribution in [1.82, 2.24) is 20.4 Å². The number of piperidine rings is 2. The van der Waals surface area contributed by atoms with Crippen molar-refractivity contribution in [3.8, 4) is 0 Å². The van der Waals surface area contributed by atoms with Crippen LogP contribution in [0.2, 0.25) is 0 Å². The molecule has 0 aromatic heterocycles. The van der Waals surface area contributed by atoms with Gasteiger partial charge < -0.3 is 15.4 Å². The zero-order chi connectivity index (χ0) is 18.1. The fraction of sp³-hybridized carbons (Fsp3) is 0.889. The Morgan fingerprint density at radius 1 is 1.12 bits per heavy atom. The number of hydrogen-bond donors (Lipinski definition) is 2. The molecule has 0 bridgehead atoms. The lowest BCUT2D eigenvalue weighted by Gasteiger charge is -2.39. The first-order valence-corrected chi connectivity index (χ1v) is 9.61. The van der Waals surface area contributed by atoms with E-state index in [1.54, 1.807) is 0 Å². The molecule has 7 nitrogen and oxygen atoms in total. The van der Waals surface area contributed by atoms with Gasteiger partial charge in [-0.25, -0.2) is 0 Å². The third kappa shape index (κ3) is 6.56. The molecular formula is C18H34N4O3. The van der Waals surface area contributed by atoms with Gasteiger partial charge in [0.2, 0.25) is 5.91 Å². The van der Waals surface area contributed by atoms with Gasteiger partial charge in [-0.3, -0.25) is 19.4 Å². The fourth-order valence-corrected chi connectivity index (χ4v) is 3.83. The highest BCUT2D eigenvalue weighted by Gasteiger charge is 2.26. The van der Waals surface area contributed by atoms with Crippen LogP contribution in [0, 0.1) is 0 Å². The summed E-state index contributed by atoms with van der Waals surface area (Å²) in [5.74, 6) is -0.496. The zero-order valence-electron chi connectivity index (χ0n) is 15.8. The number of nitrogens with zero attached hydrogens (tertiary/aromatic N) is 2. The van der Waals surface area contributed by atoms with Crippen LogP contribution in [0.4, 0.5) is 0 Å². The number of fused-ring (bicyclic) bond motifs is 1. The predicted octanol–water partition coefficient (Wildman–Crippen LogP) is 0.204. The van der Waals surface area contributed by atoms with Gasteiger partial charge in [-0.1, -0.05) is 12.8 Å². The first kappa shape index (κ1) is 20.1. The van der Waals surface area contributed by atoms with E-state index >= 15 is 0 Å². The van der Waals surface area contributed by atoms with Crippen molar-refractivity contribution in [3.63, 3.8) is 0 Å². The van der Waals surface area contributed by atoms with Crippen LogP contribution in [0.25, 0.3) is 0 Å². The number of hydrogen-bond acceptors (Lipinski definition) is 6. The average Bonchev–Trinajstić information content (AvgIpc) is 2.66. The van der Waals surface area contributed by atoms with E-state index in [4.69, 9.17) is 0 Å². The van der Waals surface area contributed by atoms with Crippen LogP contribution in [0.3, 0.4) is 0 Å². The van der Waals surface area contributed by atoms with Crippen LogP contribution >= 0.6 is 0 Å². The van der Waals surface area contributed by atoms with Crippen LogP contribution in [0.1, 0.15) is 38.5 Å². The first-order chi connectivity index (χ1) is 12.1. The minimum Gasteiger partial charge on any atom is -0.468 e. The number of esters is 1. The summed E-state index contributed by atoms with van der Waals surface area (Å²) in [6.07, 6.45) is 7.37. The number of nitrogens with one attached hydrogen (secondary N) is 2. The molecule has 3 aliphatic heterocycles. The Morgan fingerprint density at radius 3 is 2.60 bits per heavy atom. The number of ether oxygens (including phenoxy) is 1. The standard InChI is InChI=1S/C10H18N2O3.C8H16N2/c1-12-6-4-3-5-8(12)10(14)11-7-9(13)15-2;1-2-5-10-6-4-9-7-8(10)3-1/h8H,3-7H2,1-2H3,(H,11,14);8-9H,1-7H2. The summed E-state index contributed by atoms with van der Waals surface area (Å²) in [4.78, 5) is 27.2. The van der Waals surface area contributed by atoms with Crippen LogP contribution in [-0.2, 0) is 14.3 Å². The molecule has 3 rings (SSSR count). The number of methoxy groups -OCH3 is 1. The highest BCUT2D eigenvalue weighted by molar-refractivity contribution is 5.85. The van der Waals surface area contributed by atoms with E-state index in [9.17, 15) is 9.59 Å². The summed E-state index contributed by atoms with van der Waals surface area (Å²) in [6, 6.07) is 0.783. The second-order valence-electron chi connectivity index (χ2n) is 7.18. The molecule has 2 atom stereocenters. The Morgan fingerprint density at radius 2 is 1.88 bits per heavy atom. The van der Waals surface area contributed by atoms with Gasteiger partial charge in [0.1, 0.15) is 6.54 Å². The third-order valence-electron chi connectivity index (χ3n) is 5.41. The second kappa shape index (κ2) is 10.7. The molecule has 2 N–H and O–H groups in total. The summed E-state index contributed by atoms with van der Waals surface area (Å²) >= 11 is 0. The normalized spacial score (nSPS) is 27.4. The molecule has 0 aromatic carbocycles. The van der Waals surface area contributed by atoms with E-state index in [0.29, 0.717) is 0 Å². The minimum absolute atomic E-state index is 0.0420. The van der Waals surface area contributed by atoms with Gasteiger partial charge in [0.25, 0.3) is 0 Å². The molecule has 2 unspecified atom stereocenters. The molecule has 0 aliphatic carbocycles. The van der Waals surface area contributed by atoms with Crippen molar-refractivity contribution in [2.24, 2.45) is 0 Å². The lowest BCUT2D eigenvalue weighted by molar-refractivity contribution is -0.141. The third-order valence-corrected chi connectivity index (χ3v) is 5.41. The van der Waals surface area contributed by atoms with Crippen molar-refractivity contribution in [2.45, 2.75) is 50.6 Å². The SMILES string of the molecule is C1CCN2CCNCC2C1.COC(=O)CNC(=O)C1CCCCN1C. The van der Waals surface area contributed by atoms with Crippen molar-refractivity contribution < 1.29 is 14.3 Å². The van der Waals surface area contributed by atoms with Gasteiger partial charge in [0, 0.05) is 25.7 Å². The van der Waals surface area contributed by atoms with Crippen LogP contribution in [0.15, 0.2) is 0 Å². The van der Waals surface area contributed by atoms with Crippen molar-refractivity contribution in [2.75, 3.05) is 53.4 Å². The number of rotatable bonds is 3. The molecule has 1 amide bonds. The topological polar surface area (TPSA) is 73.9 Å². The minimum atomic E-state index is -0.415. The number of likely N-dealkylation sites (N-methyl/N-ethyl adjacent to an activating group) is 1. The van der Waals surface area contributed by atoms with Gasteiger partial charge in [0.05, 0.1) is 13.2 Å². The Balaban J connectivity index is 0.000000194. The van der Waals surface area contributed by atoms with Crippen molar-refractivity contribution in [3.05, 3.63) is 0 Å². The molecule has 0 radical (unpaired) electrons. The highest BCUT2D eigenvalue weighted by Crippen LogP contribution is 2.17. The number of likely N-dealkylation sites (tertiary alicyclic amines) is 1. The maximum atomic E-state index is 11.7. The van der Waals surface area contributed by atoms with Gasteiger partial charge in [0.15, 0.2) is 0 Å². The Bertz CT molecular complexity index is 407. The van der Waals surface area contributed by atoms with E-state index in [1.807, 2.05) is 11.9 Å². The van der Waals surface area contributed by atoms with Crippen LogP contribution < -0.4 is 10.6 Å². The molecule has 3 saturated heterocycles. The maximum Gasteiger partial charge on any atom is 0.325 e. The molecule has 7 heteroatoms. The van der Waals surface area contributed by atoms with Crippen molar-refractivity contribution >= 4 is 11.9 Å². The molecule has 0 saturated carbocycles. The largest absolute Gasteiger partial charge is 0.468 e. The molecule has 144 valence electrons. The number of amides is 1. The zero-order valence-corrected chi connectivity index (χ0v) is 15.8. The Kier molecular flexibility index (Phi) is 8.64. The summed E-state index contributed by atoms with van der Waals surface area (Å²) in [5, 5.41) is 6.02. The smallest absolute Gasteiger partial charge is 0.325 e. The molecule has 25 heavy (non-hydrogen) atoms. The lowest BCUT2D eigenvalue weighted by atomic mass is 10.0. The maximum absolute atomic E-state index is 11.7. The summed E-state index contributed by atoms with van der Waals surface area (Å²) in [6.45, 7) is 5.98. The van der Waals surface area contributed by atoms with Crippen LogP contribution in [-0.4, -0.2) is 87.2 Å². The molecule has 0 spiro atoms. The summed E-state index contributed by atoms with van der Waals surface area (Å²) in [5.41, 5.74) is 0. The number of carbonyl (C=O) groups excluding carboxylic acids is 2. The predicted molar refractivity (Wildman–Crippen MR) is 97.4 cm³/mol. The summed E-state index contributed by atoms with van der Waals surface area (Å²) in [7, 11) is 3.24. The first-order valence-electron chi connectivity index (χ1n) is 9.61. The number of carbonyl (C=O) groups is 2. The Labute approximate surface area is 151 Å². The molecule has 3 aliphatic rings. The molecule has 3 fully saturated rings. The van der Waals surface area contributed by atoms with Gasteiger partial charge in [-0.15, -0.1) is 0 Å². The number of piperazine rings is 1. The van der Waals surface area contributed by atoms with Gasteiger partial charge in [-0.05, 0) is 45.8 Å². The molecule has 0 aromatic rings. The average molecular weight is 354 g/mol. The van der Waals surface area contributed by atoms with E-state index < -0.39 is 5.97 Å². The highest BCUT2D eigenvalue weighted by atomic mass is 16.5. The summed E-state index contributed by atoms with van der Waals surface area (Å²) < 4.78 is 4.45. The van der Waals surface area contributed by atoms with Gasteiger partial charge in [-0.2, -0.15) is 0 Å². The van der Waals surface area contributed by atoms with Crippen molar-refractivity contribution in [1.29, 1.82) is 0 Å². The Hall–Kier alpha value is -1.18. The lowest BCUT2D eigenvalue weighted by Crippen LogP contribution is -2.53. The van der Waals surface area contributed by atoms with Crippen LogP contribution in [0.5, 0.6) is 0 Å². The van der Waals surface area contributed by atoms with E-state index in [0.717, 1.165) is 31.8 Å². The fourth-order valence-electron chi connectivity index (χ4n) is 3.83. The quantitative estimate of drug-likeness (QED) is 0.706. The van der Waals surface area contributed by atoms with E-state index in [-0.39, 0.29) is 18.5 Å². The van der Waals surface area contributed by atoms with Gasteiger partial charge >= 0.3 is 5.97 Å². The van der Waals surface area contributed by atoms with E-state index in [1.165, 1.54) is 52.6 Å². The molecule has 3 heterocycles. The second-order valence-corrected chi connectivity index (χ2v) is 7.18. The monoisotopic (exact) mass is 354 g/mol.